The summed E-state index contributed by atoms with van der Waals surface area (Å²) in [6.07, 6.45) is 2.74. The molecule has 2 aromatic rings. The molecule has 0 radical (unpaired) electrons. The molecule has 166 valence electrons. The Morgan fingerprint density at radius 2 is 1.55 bits per heavy atom. The summed E-state index contributed by atoms with van der Waals surface area (Å²) in [4.78, 5) is 13.2. The molecule has 0 atom stereocenters. The van der Waals surface area contributed by atoms with Crippen LogP contribution in [0.15, 0.2) is 36.4 Å². The van der Waals surface area contributed by atoms with Gasteiger partial charge in [0, 0.05) is 44.3 Å². The van der Waals surface area contributed by atoms with Crippen LogP contribution in [0.3, 0.4) is 0 Å². The monoisotopic (exact) mass is 422 g/mol. The normalized spacial score (nSPS) is 20.3. The molecule has 0 spiro atoms. The highest BCUT2D eigenvalue weighted by Gasteiger charge is 2.36. The van der Waals surface area contributed by atoms with E-state index in [4.69, 9.17) is 9.90 Å². The summed E-state index contributed by atoms with van der Waals surface area (Å²) in [5.74, 6) is 1.48. The van der Waals surface area contributed by atoms with Crippen LogP contribution >= 0.6 is 0 Å². The van der Waals surface area contributed by atoms with Crippen molar-refractivity contribution in [3.63, 3.8) is 0 Å². The van der Waals surface area contributed by atoms with E-state index in [2.05, 4.69) is 60.0 Å². The van der Waals surface area contributed by atoms with Crippen LogP contribution in [0.1, 0.15) is 59.4 Å². The molecule has 3 fully saturated rings. The first kappa shape index (κ1) is 21.8. The molecule has 31 heavy (non-hydrogen) atoms. The van der Waals surface area contributed by atoms with Crippen molar-refractivity contribution >= 4 is 12.2 Å². The zero-order valence-corrected chi connectivity index (χ0v) is 18.8. The molecular weight excluding hydrogens is 388 g/mol. The lowest BCUT2D eigenvalue weighted by molar-refractivity contribution is -0.122. The van der Waals surface area contributed by atoms with Crippen molar-refractivity contribution in [2.45, 2.75) is 57.6 Å². The fraction of sp³-hybridized carbons (Fsp3) is 0.500. The molecule has 0 unspecified atom stereocenters. The molecule has 5 rings (SSSR count). The maximum absolute atomic E-state index is 9.97. The van der Waals surface area contributed by atoms with Crippen molar-refractivity contribution in [1.82, 2.24) is 4.90 Å². The Labute approximate surface area is 185 Å². The Kier molecular flexibility index (Phi) is 6.09. The van der Waals surface area contributed by atoms with E-state index in [9.17, 15) is 5.11 Å². The largest absolute Gasteiger partial charge is 0.483 e. The zero-order chi connectivity index (χ0) is 22.2. The summed E-state index contributed by atoms with van der Waals surface area (Å²) in [6.45, 7) is 10.9. The number of anilines is 1. The first-order valence-corrected chi connectivity index (χ1v) is 11.3. The number of carbonyl (C=O) groups is 1. The lowest BCUT2D eigenvalue weighted by Gasteiger charge is -2.45. The van der Waals surface area contributed by atoms with Gasteiger partial charge in [0.1, 0.15) is 0 Å². The van der Waals surface area contributed by atoms with Crippen LogP contribution in [0.4, 0.5) is 5.69 Å². The van der Waals surface area contributed by atoms with Gasteiger partial charge in [-0.1, -0.05) is 24.3 Å². The van der Waals surface area contributed by atoms with E-state index in [0.29, 0.717) is 5.92 Å². The van der Waals surface area contributed by atoms with Gasteiger partial charge in [0.25, 0.3) is 6.47 Å². The van der Waals surface area contributed by atoms with Crippen molar-refractivity contribution in [2.75, 3.05) is 31.1 Å². The summed E-state index contributed by atoms with van der Waals surface area (Å²) in [6, 6.07) is 14.1. The summed E-state index contributed by atoms with van der Waals surface area (Å²) in [5.41, 5.74) is 8.12. The van der Waals surface area contributed by atoms with Gasteiger partial charge in [-0.05, 0) is 79.5 Å². The molecule has 5 nitrogen and oxygen atoms in total. The zero-order valence-electron chi connectivity index (χ0n) is 18.8. The number of rotatable bonds is 5. The topological polar surface area (TPSA) is 64.0 Å². The first-order valence-electron chi connectivity index (χ1n) is 11.3. The molecule has 2 saturated heterocycles. The SMILES string of the molecule is Cc1cc(C2CN(c3ccc(C4CC4)cc3)C2)cc(C)c1CN1CC(C)(O)C1.O=CO. The number of hydrogen-bond donors (Lipinski definition) is 2. The molecule has 1 saturated carbocycles. The lowest BCUT2D eigenvalue weighted by atomic mass is 9.86. The maximum Gasteiger partial charge on any atom is 0.290 e. The van der Waals surface area contributed by atoms with Gasteiger partial charge in [-0.15, -0.1) is 0 Å². The van der Waals surface area contributed by atoms with E-state index in [-0.39, 0.29) is 6.47 Å². The van der Waals surface area contributed by atoms with Crippen LogP contribution in [0.25, 0.3) is 0 Å². The lowest BCUT2D eigenvalue weighted by Crippen LogP contribution is -2.59. The third kappa shape index (κ3) is 4.94. The van der Waals surface area contributed by atoms with E-state index < -0.39 is 5.60 Å². The molecule has 0 bridgehead atoms. The number of benzene rings is 2. The third-order valence-electron chi connectivity index (χ3n) is 6.89. The minimum Gasteiger partial charge on any atom is -0.483 e. The van der Waals surface area contributed by atoms with Crippen molar-refractivity contribution in [1.29, 1.82) is 0 Å². The smallest absolute Gasteiger partial charge is 0.290 e. The van der Waals surface area contributed by atoms with E-state index in [1.807, 2.05) is 6.92 Å². The van der Waals surface area contributed by atoms with Crippen molar-refractivity contribution < 1.29 is 15.0 Å². The molecule has 3 aliphatic rings. The molecule has 2 aliphatic heterocycles. The summed E-state index contributed by atoms with van der Waals surface area (Å²) < 4.78 is 0. The molecule has 0 aromatic heterocycles. The van der Waals surface area contributed by atoms with Crippen LogP contribution < -0.4 is 4.90 Å². The van der Waals surface area contributed by atoms with E-state index in [1.54, 1.807) is 0 Å². The molecule has 1 aliphatic carbocycles. The van der Waals surface area contributed by atoms with Crippen molar-refractivity contribution in [2.24, 2.45) is 0 Å². The Morgan fingerprint density at radius 3 is 2.03 bits per heavy atom. The Bertz CT molecular complexity index is 897. The second-order valence-electron chi connectivity index (χ2n) is 9.85. The highest BCUT2D eigenvalue weighted by molar-refractivity contribution is 5.53. The number of likely N-dealkylation sites (tertiary alicyclic amines) is 1. The third-order valence-corrected chi connectivity index (χ3v) is 6.89. The van der Waals surface area contributed by atoms with E-state index >= 15 is 0 Å². The Morgan fingerprint density at radius 1 is 1.00 bits per heavy atom. The molecular formula is C26H34N2O3. The van der Waals surface area contributed by atoms with Crippen molar-refractivity contribution in [3.05, 3.63) is 64.2 Å². The highest BCUT2D eigenvalue weighted by atomic mass is 16.3. The number of β-amino-alcohol motifs (C(OH)–C–C–N with tert-alkyl or cyclic N) is 1. The first-order chi connectivity index (χ1) is 14.8. The minimum atomic E-state index is -0.492. The minimum absolute atomic E-state index is 0.250. The van der Waals surface area contributed by atoms with Crippen LogP contribution in [0.5, 0.6) is 0 Å². The van der Waals surface area contributed by atoms with Crippen LogP contribution in [0.2, 0.25) is 0 Å². The number of aryl methyl sites for hydroxylation is 2. The molecule has 5 heteroatoms. The predicted octanol–water partition coefficient (Wildman–Crippen LogP) is 4.05. The van der Waals surface area contributed by atoms with Gasteiger partial charge in [-0.25, -0.2) is 0 Å². The molecule has 2 aromatic carbocycles. The van der Waals surface area contributed by atoms with E-state index in [1.165, 1.54) is 46.3 Å². The molecule has 2 heterocycles. The standard InChI is InChI=1S/C25H32N2O.CH2O2/c1-17-10-21(11-18(2)24(17)14-26-15-25(3,28)16-26)22-12-27(13-22)23-8-6-20(7-9-23)19-4-5-19;2-1-3/h6-11,19,22,28H,4-5,12-16H2,1-3H3;1H,(H,2,3). The van der Waals surface area contributed by atoms with Gasteiger partial charge in [0.05, 0.1) is 5.60 Å². The highest BCUT2D eigenvalue weighted by Crippen LogP contribution is 2.41. The van der Waals surface area contributed by atoms with Gasteiger partial charge in [0.15, 0.2) is 0 Å². The van der Waals surface area contributed by atoms with Crippen LogP contribution in [-0.4, -0.2) is 53.4 Å². The van der Waals surface area contributed by atoms with Gasteiger partial charge in [-0.2, -0.15) is 0 Å². The number of nitrogens with zero attached hydrogens (tertiary/aromatic N) is 2. The van der Waals surface area contributed by atoms with Gasteiger partial charge >= 0.3 is 0 Å². The molecule has 0 amide bonds. The molecule has 2 N–H and O–H groups in total. The Hall–Kier alpha value is -2.37. The average molecular weight is 423 g/mol. The average Bonchev–Trinajstić information content (AvgIpc) is 3.48. The number of carboxylic acid groups (broad SMARTS) is 1. The number of hydrogen-bond acceptors (Lipinski definition) is 4. The summed E-state index contributed by atoms with van der Waals surface area (Å²) in [5, 5.41) is 16.9. The summed E-state index contributed by atoms with van der Waals surface area (Å²) in [7, 11) is 0. The van der Waals surface area contributed by atoms with Gasteiger partial charge < -0.3 is 15.1 Å². The van der Waals surface area contributed by atoms with E-state index in [0.717, 1.165) is 38.6 Å². The summed E-state index contributed by atoms with van der Waals surface area (Å²) >= 11 is 0. The second kappa shape index (κ2) is 8.64. The number of aliphatic hydroxyl groups is 1. The van der Waals surface area contributed by atoms with Crippen LogP contribution in [0, 0.1) is 13.8 Å². The van der Waals surface area contributed by atoms with Gasteiger partial charge in [-0.3, -0.25) is 9.69 Å². The fourth-order valence-corrected chi connectivity index (χ4v) is 5.04. The van der Waals surface area contributed by atoms with Crippen LogP contribution in [-0.2, 0) is 11.3 Å². The second-order valence-corrected chi connectivity index (χ2v) is 9.85. The fourth-order valence-electron chi connectivity index (χ4n) is 5.04. The predicted molar refractivity (Wildman–Crippen MR) is 124 cm³/mol. The van der Waals surface area contributed by atoms with Crippen molar-refractivity contribution in [3.8, 4) is 0 Å². The van der Waals surface area contributed by atoms with Gasteiger partial charge in [0.2, 0.25) is 0 Å². The Balaban J connectivity index is 0.000000730. The quantitative estimate of drug-likeness (QED) is 0.712. The maximum atomic E-state index is 9.97.